The molecule has 2 nitrogen and oxygen atoms in total. The molecule has 1 aromatic carbocycles. The highest BCUT2D eigenvalue weighted by Gasteiger charge is 2.07. The van der Waals surface area contributed by atoms with Crippen LogP contribution in [-0.4, -0.2) is 0 Å². The maximum atomic E-state index is 5.79. The molecule has 0 unspecified atom stereocenters. The van der Waals surface area contributed by atoms with Crippen LogP contribution in [0.4, 0.5) is 11.4 Å². The van der Waals surface area contributed by atoms with Gasteiger partial charge in [-0.05, 0) is 18.6 Å². The summed E-state index contributed by atoms with van der Waals surface area (Å²) in [6.07, 6.45) is 0. The van der Waals surface area contributed by atoms with Crippen molar-refractivity contribution >= 4 is 34.6 Å². The summed E-state index contributed by atoms with van der Waals surface area (Å²) < 4.78 is 0. The first kappa shape index (κ1) is 8.50. The first-order valence-electron chi connectivity index (χ1n) is 3.03. The van der Waals surface area contributed by atoms with Crippen molar-refractivity contribution in [3.63, 3.8) is 0 Å². The van der Waals surface area contributed by atoms with Crippen LogP contribution >= 0.6 is 23.2 Å². The fraction of sp³-hybridized carbons (Fsp3) is 0.143. The molecular weight excluding hydrogens is 183 g/mol. The molecule has 0 aliphatic carbocycles. The molecule has 4 heteroatoms. The lowest BCUT2D eigenvalue weighted by atomic mass is 10.2. The van der Waals surface area contributed by atoms with Gasteiger partial charge in [-0.1, -0.05) is 23.2 Å². The van der Waals surface area contributed by atoms with Crippen molar-refractivity contribution in [1.82, 2.24) is 0 Å². The third-order valence-corrected chi connectivity index (χ3v) is 2.48. The third-order valence-electron chi connectivity index (χ3n) is 1.48. The Kier molecular flexibility index (Phi) is 2.16. The lowest BCUT2D eigenvalue weighted by molar-refractivity contribution is 1.47. The van der Waals surface area contributed by atoms with Crippen molar-refractivity contribution in [2.45, 2.75) is 6.92 Å². The normalized spacial score (nSPS) is 10.1. The first-order valence-corrected chi connectivity index (χ1v) is 3.79. The van der Waals surface area contributed by atoms with E-state index in [1.54, 1.807) is 13.0 Å². The Morgan fingerprint density at radius 1 is 1.09 bits per heavy atom. The molecule has 0 atom stereocenters. The van der Waals surface area contributed by atoms with Crippen LogP contribution in [0, 0.1) is 6.92 Å². The molecule has 1 rings (SSSR count). The first-order chi connectivity index (χ1) is 5.04. The number of halogens is 2. The van der Waals surface area contributed by atoms with Crippen molar-refractivity contribution < 1.29 is 0 Å². The van der Waals surface area contributed by atoms with Crippen LogP contribution in [0.15, 0.2) is 6.07 Å². The van der Waals surface area contributed by atoms with Gasteiger partial charge in [-0.25, -0.2) is 0 Å². The lowest BCUT2D eigenvalue weighted by Crippen LogP contribution is -1.94. The Morgan fingerprint density at radius 2 is 1.45 bits per heavy atom. The van der Waals surface area contributed by atoms with E-state index in [1.165, 1.54) is 0 Å². The molecule has 0 bridgehead atoms. The zero-order valence-electron chi connectivity index (χ0n) is 5.99. The summed E-state index contributed by atoms with van der Waals surface area (Å²) in [6, 6.07) is 1.55. The maximum absolute atomic E-state index is 5.79. The van der Waals surface area contributed by atoms with Gasteiger partial charge < -0.3 is 11.5 Å². The minimum absolute atomic E-state index is 0.464. The molecule has 0 aromatic heterocycles. The number of rotatable bonds is 0. The van der Waals surface area contributed by atoms with Crippen LogP contribution in [-0.2, 0) is 0 Å². The van der Waals surface area contributed by atoms with Crippen LogP contribution in [0.1, 0.15) is 5.56 Å². The summed E-state index contributed by atoms with van der Waals surface area (Å²) in [5, 5.41) is 0.952. The molecule has 0 saturated heterocycles. The van der Waals surface area contributed by atoms with Gasteiger partial charge >= 0.3 is 0 Å². The minimum atomic E-state index is 0.464. The summed E-state index contributed by atoms with van der Waals surface area (Å²) in [7, 11) is 0. The largest absolute Gasteiger partial charge is 0.397 e. The van der Waals surface area contributed by atoms with Crippen molar-refractivity contribution in [3.8, 4) is 0 Å². The van der Waals surface area contributed by atoms with E-state index in [9.17, 15) is 0 Å². The molecule has 4 N–H and O–H groups in total. The van der Waals surface area contributed by atoms with Gasteiger partial charge in [0.05, 0.1) is 21.4 Å². The predicted octanol–water partition coefficient (Wildman–Crippen LogP) is 2.47. The number of anilines is 2. The predicted molar refractivity (Wildman–Crippen MR) is 50.0 cm³/mol. The maximum Gasteiger partial charge on any atom is 0.0680 e. The monoisotopic (exact) mass is 190 g/mol. The van der Waals surface area contributed by atoms with Crippen LogP contribution in [0.5, 0.6) is 0 Å². The number of hydrogen-bond acceptors (Lipinski definition) is 2. The number of nitrogen functional groups attached to an aromatic ring is 2. The van der Waals surface area contributed by atoms with Crippen molar-refractivity contribution in [1.29, 1.82) is 0 Å². The number of hydrogen-bond donors (Lipinski definition) is 2. The van der Waals surface area contributed by atoms with Gasteiger partial charge in [0.2, 0.25) is 0 Å². The van der Waals surface area contributed by atoms with Gasteiger partial charge in [-0.2, -0.15) is 0 Å². The molecule has 1 aromatic rings. The highest BCUT2D eigenvalue weighted by Crippen LogP contribution is 2.33. The van der Waals surface area contributed by atoms with E-state index in [1.807, 2.05) is 0 Å². The van der Waals surface area contributed by atoms with E-state index in [0.29, 0.717) is 21.4 Å². The highest BCUT2D eigenvalue weighted by atomic mass is 35.5. The van der Waals surface area contributed by atoms with E-state index in [-0.39, 0.29) is 0 Å². The molecule has 0 fully saturated rings. The van der Waals surface area contributed by atoms with Gasteiger partial charge in [0.1, 0.15) is 0 Å². The fourth-order valence-electron chi connectivity index (χ4n) is 0.824. The summed E-state index contributed by atoms with van der Waals surface area (Å²) in [5.74, 6) is 0. The SMILES string of the molecule is Cc1c(Cl)c(N)cc(N)c1Cl. The number of nitrogens with two attached hydrogens (primary N) is 2. The fourth-order valence-corrected chi connectivity index (χ4v) is 1.17. The summed E-state index contributed by atoms with van der Waals surface area (Å²) in [4.78, 5) is 0. The Bertz CT molecular complexity index is 271. The Balaban J connectivity index is 3.46. The zero-order chi connectivity index (χ0) is 8.59. The topological polar surface area (TPSA) is 52.0 Å². The Labute approximate surface area is 75.1 Å². The third kappa shape index (κ3) is 1.37. The van der Waals surface area contributed by atoms with Crippen LogP contribution in [0.2, 0.25) is 10.0 Å². The summed E-state index contributed by atoms with van der Waals surface area (Å²) in [6.45, 7) is 1.78. The second kappa shape index (κ2) is 2.80. The van der Waals surface area contributed by atoms with Crippen LogP contribution < -0.4 is 11.5 Å². The molecule has 0 aliphatic heterocycles. The number of benzene rings is 1. The standard InChI is InChI=1S/C7H8Cl2N2/c1-3-6(8)4(10)2-5(11)7(3)9/h2H,10-11H2,1H3. The lowest BCUT2D eigenvalue weighted by Gasteiger charge is -2.06. The van der Waals surface area contributed by atoms with Crippen LogP contribution in [0.25, 0.3) is 0 Å². The molecule has 11 heavy (non-hydrogen) atoms. The quantitative estimate of drug-likeness (QED) is 0.618. The van der Waals surface area contributed by atoms with E-state index in [4.69, 9.17) is 34.7 Å². The van der Waals surface area contributed by atoms with E-state index in [2.05, 4.69) is 0 Å². The molecule has 0 saturated carbocycles. The van der Waals surface area contributed by atoms with Gasteiger partial charge in [-0.15, -0.1) is 0 Å². The second-order valence-corrected chi connectivity index (χ2v) is 3.06. The average Bonchev–Trinajstić information content (AvgIpc) is 1.97. The molecule has 0 radical (unpaired) electrons. The Hall–Kier alpha value is -0.600. The van der Waals surface area contributed by atoms with E-state index < -0.39 is 0 Å². The van der Waals surface area contributed by atoms with Crippen molar-refractivity contribution in [2.24, 2.45) is 0 Å². The average molecular weight is 191 g/mol. The van der Waals surface area contributed by atoms with Gasteiger partial charge in [-0.3, -0.25) is 0 Å². The molecule has 0 heterocycles. The molecule has 0 spiro atoms. The molecule has 60 valence electrons. The van der Waals surface area contributed by atoms with Crippen molar-refractivity contribution in [3.05, 3.63) is 21.7 Å². The summed E-state index contributed by atoms with van der Waals surface area (Å²) >= 11 is 11.6. The minimum Gasteiger partial charge on any atom is -0.397 e. The summed E-state index contributed by atoms with van der Waals surface area (Å²) in [5.41, 5.74) is 12.7. The molecule has 0 amide bonds. The van der Waals surface area contributed by atoms with Gasteiger partial charge in [0.25, 0.3) is 0 Å². The van der Waals surface area contributed by atoms with Gasteiger partial charge in [0.15, 0.2) is 0 Å². The highest BCUT2D eigenvalue weighted by molar-refractivity contribution is 6.39. The van der Waals surface area contributed by atoms with E-state index >= 15 is 0 Å². The molecule has 0 aliphatic rings. The van der Waals surface area contributed by atoms with E-state index in [0.717, 1.165) is 5.56 Å². The molecular formula is C7H8Cl2N2. The second-order valence-electron chi connectivity index (χ2n) is 2.31. The Morgan fingerprint density at radius 3 is 1.82 bits per heavy atom. The van der Waals surface area contributed by atoms with Crippen molar-refractivity contribution in [2.75, 3.05) is 11.5 Å². The zero-order valence-corrected chi connectivity index (χ0v) is 7.50. The van der Waals surface area contributed by atoms with Gasteiger partial charge in [0, 0.05) is 0 Å². The smallest absolute Gasteiger partial charge is 0.0680 e. The van der Waals surface area contributed by atoms with Crippen LogP contribution in [0.3, 0.4) is 0 Å².